The second-order valence-electron chi connectivity index (χ2n) is 8.18. The Kier molecular flexibility index (Phi) is 4.98. The van der Waals surface area contributed by atoms with Crippen molar-refractivity contribution in [3.8, 4) is 11.5 Å². The molecule has 4 aliphatic rings. The summed E-state index contributed by atoms with van der Waals surface area (Å²) in [6.07, 6.45) is 5.96. The molecule has 4 saturated carbocycles. The summed E-state index contributed by atoms with van der Waals surface area (Å²) < 4.78 is 15.8. The number of carbonyl (C=O) groups is 2. The van der Waals surface area contributed by atoms with Crippen molar-refractivity contribution in [3.63, 3.8) is 0 Å². The molecule has 0 atom stereocenters. The molecule has 6 heteroatoms. The standard InChI is InChI=1S/C21H27NO5/c1-25-16-3-4-18(26-2)17(10-16)22-19(23)11-27-21(24)20-14-6-12-5-13(8-14)9-15(20)7-12/h3-4,10,12-15,20H,5-9,11H2,1-2H3,(H,22,23). The first-order valence-electron chi connectivity index (χ1n) is 9.76. The zero-order valence-corrected chi connectivity index (χ0v) is 15.9. The number of hydrogen-bond donors (Lipinski definition) is 1. The SMILES string of the molecule is COc1ccc(OC)c(NC(=O)COC(=O)C2C3CC4CC(C3)CC2C4)c1. The van der Waals surface area contributed by atoms with Crippen LogP contribution in [-0.2, 0) is 14.3 Å². The van der Waals surface area contributed by atoms with Crippen LogP contribution in [-0.4, -0.2) is 32.7 Å². The molecule has 4 fully saturated rings. The average Bonchev–Trinajstić information content (AvgIpc) is 2.65. The van der Waals surface area contributed by atoms with Gasteiger partial charge >= 0.3 is 5.97 Å². The van der Waals surface area contributed by atoms with Gasteiger partial charge in [0.15, 0.2) is 6.61 Å². The highest BCUT2D eigenvalue weighted by atomic mass is 16.5. The Morgan fingerprint density at radius 3 is 2.26 bits per heavy atom. The number of anilines is 1. The minimum atomic E-state index is -0.376. The molecule has 5 rings (SSSR count). The maximum absolute atomic E-state index is 12.7. The third-order valence-electron chi connectivity index (χ3n) is 6.53. The fourth-order valence-corrected chi connectivity index (χ4v) is 5.64. The molecule has 0 heterocycles. The van der Waals surface area contributed by atoms with Crippen molar-refractivity contribution in [1.82, 2.24) is 0 Å². The van der Waals surface area contributed by atoms with Crippen LogP contribution >= 0.6 is 0 Å². The summed E-state index contributed by atoms with van der Waals surface area (Å²) in [4.78, 5) is 25.0. The normalized spacial score (nSPS) is 30.7. The lowest BCUT2D eigenvalue weighted by Crippen LogP contribution is -2.48. The summed E-state index contributed by atoms with van der Waals surface area (Å²) in [6.45, 7) is -0.276. The van der Waals surface area contributed by atoms with Gasteiger partial charge in [0.1, 0.15) is 11.5 Å². The number of benzene rings is 1. The van der Waals surface area contributed by atoms with Gasteiger partial charge in [0.05, 0.1) is 25.8 Å². The molecule has 4 aliphatic carbocycles. The van der Waals surface area contributed by atoms with Gasteiger partial charge in [-0.1, -0.05) is 0 Å². The Morgan fingerprint density at radius 2 is 1.67 bits per heavy atom. The lowest BCUT2D eigenvalue weighted by molar-refractivity contribution is -0.164. The van der Waals surface area contributed by atoms with E-state index in [1.807, 2.05) is 0 Å². The highest BCUT2D eigenvalue weighted by Crippen LogP contribution is 2.56. The van der Waals surface area contributed by atoms with Crippen molar-refractivity contribution < 1.29 is 23.8 Å². The molecule has 1 amide bonds. The van der Waals surface area contributed by atoms with Crippen LogP contribution in [0, 0.1) is 29.6 Å². The Morgan fingerprint density at radius 1 is 1.00 bits per heavy atom. The van der Waals surface area contributed by atoms with Gasteiger partial charge in [-0.25, -0.2) is 0 Å². The smallest absolute Gasteiger partial charge is 0.310 e. The van der Waals surface area contributed by atoms with Crippen LogP contribution in [0.15, 0.2) is 18.2 Å². The van der Waals surface area contributed by atoms with E-state index >= 15 is 0 Å². The molecule has 27 heavy (non-hydrogen) atoms. The highest BCUT2D eigenvalue weighted by Gasteiger charge is 2.51. The van der Waals surface area contributed by atoms with Gasteiger partial charge in [-0.05, 0) is 67.9 Å². The summed E-state index contributed by atoms with van der Waals surface area (Å²) in [5.74, 6) is 3.06. The zero-order valence-electron chi connectivity index (χ0n) is 15.9. The van der Waals surface area contributed by atoms with E-state index < -0.39 is 0 Å². The van der Waals surface area contributed by atoms with E-state index in [0.29, 0.717) is 29.0 Å². The molecule has 4 bridgehead atoms. The van der Waals surface area contributed by atoms with Crippen molar-refractivity contribution in [2.75, 3.05) is 26.1 Å². The maximum atomic E-state index is 12.7. The van der Waals surface area contributed by atoms with Crippen molar-refractivity contribution in [2.24, 2.45) is 29.6 Å². The van der Waals surface area contributed by atoms with E-state index in [-0.39, 0.29) is 24.4 Å². The largest absolute Gasteiger partial charge is 0.497 e. The van der Waals surface area contributed by atoms with Crippen LogP contribution in [0.1, 0.15) is 32.1 Å². The molecule has 1 aromatic carbocycles. The summed E-state index contributed by atoms with van der Waals surface area (Å²) in [5, 5.41) is 2.74. The average molecular weight is 373 g/mol. The minimum Gasteiger partial charge on any atom is -0.497 e. The third-order valence-corrected chi connectivity index (χ3v) is 6.53. The van der Waals surface area contributed by atoms with Gasteiger partial charge < -0.3 is 19.5 Å². The lowest BCUT2D eigenvalue weighted by Gasteiger charge is -2.53. The number of carbonyl (C=O) groups excluding carboxylic acids is 2. The quantitative estimate of drug-likeness (QED) is 0.775. The second-order valence-corrected chi connectivity index (χ2v) is 8.18. The Labute approximate surface area is 159 Å². The van der Waals surface area contributed by atoms with Gasteiger partial charge in [0.25, 0.3) is 5.91 Å². The predicted molar refractivity (Wildman–Crippen MR) is 99.7 cm³/mol. The molecule has 0 unspecified atom stereocenters. The fourth-order valence-electron chi connectivity index (χ4n) is 5.64. The van der Waals surface area contributed by atoms with Gasteiger partial charge in [-0.3, -0.25) is 9.59 Å². The molecule has 0 aromatic heterocycles. The van der Waals surface area contributed by atoms with Crippen molar-refractivity contribution >= 4 is 17.6 Å². The summed E-state index contributed by atoms with van der Waals surface area (Å²) in [7, 11) is 3.09. The van der Waals surface area contributed by atoms with Crippen LogP contribution < -0.4 is 14.8 Å². The number of methoxy groups -OCH3 is 2. The highest BCUT2D eigenvalue weighted by molar-refractivity contribution is 5.94. The van der Waals surface area contributed by atoms with Crippen molar-refractivity contribution in [2.45, 2.75) is 32.1 Å². The Bertz CT molecular complexity index is 703. The van der Waals surface area contributed by atoms with Crippen LogP contribution in [0.25, 0.3) is 0 Å². The van der Waals surface area contributed by atoms with Crippen LogP contribution in [0.3, 0.4) is 0 Å². The van der Waals surface area contributed by atoms with Gasteiger partial charge in [-0.2, -0.15) is 0 Å². The molecular weight excluding hydrogens is 346 g/mol. The zero-order chi connectivity index (χ0) is 19.0. The maximum Gasteiger partial charge on any atom is 0.310 e. The monoisotopic (exact) mass is 373 g/mol. The number of amides is 1. The first-order valence-corrected chi connectivity index (χ1v) is 9.76. The summed E-state index contributed by atoms with van der Waals surface area (Å²) >= 11 is 0. The fraction of sp³-hybridized carbons (Fsp3) is 0.619. The summed E-state index contributed by atoms with van der Waals surface area (Å²) in [6, 6.07) is 5.15. The van der Waals surface area contributed by atoms with Gasteiger partial charge in [0, 0.05) is 6.07 Å². The predicted octanol–water partition coefficient (Wildman–Crippen LogP) is 3.26. The van der Waals surface area contributed by atoms with Crippen molar-refractivity contribution in [3.05, 3.63) is 18.2 Å². The lowest BCUT2D eigenvalue weighted by atomic mass is 9.52. The van der Waals surface area contributed by atoms with E-state index in [0.717, 1.165) is 37.5 Å². The molecule has 0 radical (unpaired) electrons. The molecule has 0 saturated heterocycles. The summed E-state index contributed by atoms with van der Waals surface area (Å²) in [5.41, 5.74) is 0.493. The van der Waals surface area contributed by atoms with Crippen LogP contribution in [0.2, 0.25) is 0 Å². The second kappa shape index (κ2) is 7.41. The molecule has 0 spiro atoms. The van der Waals surface area contributed by atoms with E-state index in [1.165, 1.54) is 13.5 Å². The molecule has 1 aromatic rings. The number of ether oxygens (including phenoxy) is 3. The molecule has 1 N–H and O–H groups in total. The molecule has 0 aliphatic heterocycles. The Balaban J connectivity index is 1.34. The number of hydrogen-bond acceptors (Lipinski definition) is 5. The third kappa shape index (κ3) is 3.62. The molecule has 6 nitrogen and oxygen atoms in total. The van der Waals surface area contributed by atoms with Gasteiger partial charge in [0.2, 0.25) is 0 Å². The minimum absolute atomic E-state index is 0.0167. The number of rotatable bonds is 6. The topological polar surface area (TPSA) is 73.9 Å². The number of esters is 1. The van der Waals surface area contributed by atoms with Crippen molar-refractivity contribution in [1.29, 1.82) is 0 Å². The van der Waals surface area contributed by atoms with Gasteiger partial charge in [-0.15, -0.1) is 0 Å². The van der Waals surface area contributed by atoms with E-state index in [2.05, 4.69) is 5.32 Å². The molecular formula is C21H27NO5. The number of nitrogens with one attached hydrogen (secondary N) is 1. The van der Waals surface area contributed by atoms with E-state index in [4.69, 9.17) is 14.2 Å². The van der Waals surface area contributed by atoms with Crippen LogP contribution in [0.5, 0.6) is 11.5 Å². The van der Waals surface area contributed by atoms with E-state index in [9.17, 15) is 9.59 Å². The van der Waals surface area contributed by atoms with Crippen LogP contribution in [0.4, 0.5) is 5.69 Å². The van der Waals surface area contributed by atoms with E-state index in [1.54, 1.807) is 25.3 Å². The Hall–Kier alpha value is -2.24. The first kappa shape index (κ1) is 18.1. The first-order chi connectivity index (χ1) is 13.1. The molecule has 146 valence electrons.